The topological polar surface area (TPSA) is 112 Å². The molecule has 10 heteroatoms. The summed E-state index contributed by atoms with van der Waals surface area (Å²) in [4.78, 5) is 33.4. The highest BCUT2D eigenvalue weighted by Crippen LogP contribution is 2.41. The van der Waals surface area contributed by atoms with Crippen LogP contribution in [-0.2, 0) is 0 Å². The number of imidazole rings is 1. The summed E-state index contributed by atoms with van der Waals surface area (Å²) in [5.74, 6) is 3.12. The molecule has 0 aliphatic carbocycles. The summed E-state index contributed by atoms with van der Waals surface area (Å²) in [6.07, 6.45) is 6.73. The molecule has 5 rings (SSSR count). The van der Waals surface area contributed by atoms with E-state index in [0.29, 0.717) is 30.9 Å². The maximum absolute atomic E-state index is 11.2. The molecule has 3 aromatic rings. The highest BCUT2D eigenvalue weighted by Gasteiger charge is 2.39. The van der Waals surface area contributed by atoms with Crippen molar-refractivity contribution in [2.24, 2.45) is 5.41 Å². The summed E-state index contributed by atoms with van der Waals surface area (Å²) in [6, 6.07) is 4.18. The number of fused-ring (bicyclic) bond motifs is 1. The van der Waals surface area contributed by atoms with Gasteiger partial charge in [0.05, 0.1) is 11.7 Å². The first-order valence-corrected chi connectivity index (χ1v) is 12.0. The second-order valence-electron chi connectivity index (χ2n) is 9.80. The molecule has 0 bridgehead atoms. The minimum absolute atomic E-state index is 0.245. The number of likely N-dealkylation sites (tertiary alicyclic amines) is 1. The zero-order valence-corrected chi connectivity index (χ0v) is 20.0. The molecular weight excluding hydrogens is 432 g/mol. The van der Waals surface area contributed by atoms with Crippen LogP contribution in [0, 0.1) is 12.3 Å². The predicted molar refractivity (Wildman–Crippen MR) is 131 cm³/mol. The van der Waals surface area contributed by atoms with E-state index in [-0.39, 0.29) is 5.41 Å². The highest BCUT2D eigenvalue weighted by atomic mass is 16.4. The average molecular weight is 465 g/mol. The smallest absolute Gasteiger partial charge is 0.407 e. The van der Waals surface area contributed by atoms with Gasteiger partial charge in [0.2, 0.25) is 5.95 Å². The van der Waals surface area contributed by atoms with Crippen LogP contribution in [0.4, 0.5) is 22.4 Å². The third-order valence-corrected chi connectivity index (χ3v) is 7.37. The predicted octanol–water partition coefficient (Wildman–Crippen LogP) is 4.21. The van der Waals surface area contributed by atoms with Crippen molar-refractivity contribution in [1.29, 1.82) is 0 Å². The molecule has 3 aromatic heterocycles. The van der Waals surface area contributed by atoms with Gasteiger partial charge in [-0.1, -0.05) is 0 Å². The molecule has 0 unspecified atom stereocenters. The van der Waals surface area contributed by atoms with Crippen LogP contribution in [0.5, 0.6) is 0 Å². The molecule has 0 atom stereocenters. The van der Waals surface area contributed by atoms with Crippen LogP contribution in [0.2, 0.25) is 0 Å². The third kappa shape index (κ3) is 4.24. The maximum Gasteiger partial charge on any atom is 0.407 e. The van der Waals surface area contributed by atoms with Gasteiger partial charge >= 0.3 is 6.09 Å². The molecule has 0 radical (unpaired) electrons. The first-order chi connectivity index (χ1) is 16.3. The summed E-state index contributed by atoms with van der Waals surface area (Å²) in [5.41, 5.74) is 2.18. The van der Waals surface area contributed by atoms with Gasteiger partial charge in [-0.3, -0.25) is 0 Å². The lowest BCUT2D eigenvalue weighted by atomic mass is 9.71. The molecule has 2 aliphatic rings. The number of pyridine rings is 1. The molecule has 5 heterocycles. The zero-order chi connectivity index (χ0) is 23.9. The van der Waals surface area contributed by atoms with Crippen molar-refractivity contribution in [3.05, 3.63) is 30.4 Å². The Kier molecular flexibility index (Phi) is 5.75. The fourth-order valence-electron chi connectivity index (χ4n) is 5.39. The lowest BCUT2D eigenvalue weighted by Crippen LogP contribution is -2.48. The van der Waals surface area contributed by atoms with Gasteiger partial charge in [-0.15, -0.1) is 0 Å². The number of piperidine rings is 2. The van der Waals surface area contributed by atoms with Gasteiger partial charge in [0.25, 0.3) is 0 Å². The molecule has 2 aliphatic heterocycles. The first-order valence-electron chi connectivity index (χ1n) is 12.0. The number of carbonyl (C=O) groups is 1. The number of rotatable bonds is 4. The number of nitrogens with one attached hydrogen (secondary N) is 1. The molecule has 1 spiro atoms. The minimum Gasteiger partial charge on any atom is -0.465 e. The SMILES string of the molecule is Cc1nc2cnc(Nc3ccnc(N4CCC5(CCN(C(=O)O)CC5)CC4)n3)cc2n1C(C)C. The van der Waals surface area contributed by atoms with Crippen LogP contribution in [-0.4, -0.2) is 66.8 Å². The van der Waals surface area contributed by atoms with Crippen molar-refractivity contribution in [3.63, 3.8) is 0 Å². The van der Waals surface area contributed by atoms with E-state index < -0.39 is 6.09 Å². The standard InChI is InChI=1S/C24H32N8O2/c1-16(2)32-17(3)27-18-15-26-21(14-19(18)32)28-20-4-9-25-22(29-20)30-10-5-24(6-11-30)7-12-31(13-8-24)23(33)34/h4,9,14-16H,5-8,10-13H2,1-3H3,(H,33,34)(H,25,26,28,29). The third-order valence-electron chi connectivity index (χ3n) is 7.37. The highest BCUT2D eigenvalue weighted by molar-refractivity contribution is 5.79. The first kappa shape index (κ1) is 22.4. The number of hydrogen-bond acceptors (Lipinski definition) is 7. The van der Waals surface area contributed by atoms with E-state index in [2.05, 4.69) is 43.6 Å². The van der Waals surface area contributed by atoms with Crippen molar-refractivity contribution >= 4 is 34.7 Å². The number of aromatic nitrogens is 5. The zero-order valence-electron chi connectivity index (χ0n) is 20.0. The van der Waals surface area contributed by atoms with Gasteiger partial charge in [0.15, 0.2) is 0 Å². The van der Waals surface area contributed by atoms with E-state index in [9.17, 15) is 9.90 Å². The van der Waals surface area contributed by atoms with Crippen LogP contribution in [0.25, 0.3) is 11.0 Å². The monoisotopic (exact) mass is 464 g/mol. The van der Waals surface area contributed by atoms with Crippen molar-refractivity contribution in [2.75, 3.05) is 36.4 Å². The Morgan fingerprint density at radius 1 is 1.06 bits per heavy atom. The number of nitrogens with zero attached hydrogens (tertiary/aromatic N) is 7. The number of anilines is 3. The van der Waals surface area contributed by atoms with Gasteiger partial charge in [0.1, 0.15) is 23.0 Å². The summed E-state index contributed by atoms with van der Waals surface area (Å²) in [6.45, 7) is 9.35. The number of hydrogen-bond donors (Lipinski definition) is 2. The molecule has 2 fully saturated rings. The van der Waals surface area contributed by atoms with Gasteiger partial charge in [0, 0.05) is 44.5 Å². The maximum atomic E-state index is 11.2. The van der Waals surface area contributed by atoms with E-state index in [0.717, 1.165) is 61.4 Å². The minimum atomic E-state index is -0.803. The second kappa shape index (κ2) is 8.73. The molecule has 10 nitrogen and oxygen atoms in total. The summed E-state index contributed by atoms with van der Waals surface area (Å²) in [5, 5.41) is 12.6. The Balaban J connectivity index is 1.27. The van der Waals surface area contributed by atoms with Crippen molar-refractivity contribution in [1.82, 2.24) is 29.4 Å². The quantitative estimate of drug-likeness (QED) is 0.590. The fourth-order valence-corrected chi connectivity index (χ4v) is 5.39. The van der Waals surface area contributed by atoms with E-state index in [1.54, 1.807) is 12.4 Å². The van der Waals surface area contributed by atoms with E-state index in [1.807, 2.05) is 19.1 Å². The van der Waals surface area contributed by atoms with Gasteiger partial charge < -0.3 is 24.8 Å². The van der Waals surface area contributed by atoms with Crippen LogP contribution in [0.3, 0.4) is 0 Å². The molecule has 180 valence electrons. The average Bonchev–Trinajstić information content (AvgIpc) is 3.15. The van der Waals surface area contributed by atoms with E-state index in [1.165, 1.54) is 4.90 Å². The largest absolute Gasteiger partial charge is 0.465 e. The van der Waals surface area contributed by atoms with Crippen molar-refractivity contribution in [3.8, 4) is 0 Å². The van der Waals surface area contributed by atoms with Gasteiger partial charge in [-0.2, -0.15) is 4.98 Å². The van der Waals surface area contributed by atoms with Crippen molar-refractivity contribution < 1.29 is 9.90 Å². The Morgan fingerprint density at radius 2 is 1.76 bits per heavy atom. The molecule has 0 saturated carbocycles. The summed E-state index contributed by atoms with van der Waals surface area (Å²) < 4.78 is 2.21. The summed E-state index contributed by atoms with van der Waals surface area (Å²) in [7, 11) is 0. The van der Waals surface area contributed by atoms with Crippen LogP contribution in [0.1, 0.15) is 51.4 Å². The Morgan fingerprint density at radius 3 is 2.44 bits per heavy atom. The molecule has 1 amide bonds. The van der Waals surface area contributed by atoms with Crippen LogP contribution < -0.4 is 10.2 Å². The Hall–Kier alpha value is -3.43. The van der Waals surface area contributed by atoms with Gasteiger partial charge in [-0.05, 0) is 57.9 Å². The fraction of sp³-hybridized carbons (Fsp3) is 0.542. The number of amides is 1. The van der Waals surface area contributed by atoms with E-state index >= 15 is 0 Å². The molecule has 0 aromatic carbocycles. The normalized spacial score (nSPS) is 18.1. The lowest BCUT2D eigenvalue weighted by Gasteiger charge is -2.46. The molecule has 2 N–H and O–H groups in total. The number of aryl methyl sites for hydroxylation is 1. The number of carboxylic acid groups (broad SMARTS) is 1. The molecule has 34 heavy (non-hydrogen) atoms. The molecular formula is C24H32N8O2. The second-order valence-corrected chi connectivity index (χ2v) is 9.80. The van der Waals surface area contributed by atoms with Crippen molar-refractivity contribution in [2.45, 2.75) is 52.5 Å². The Bertz CT molecular complexity index is 1190. The molecule has 2 saturated heterocycles. The Labute approximate surface area is 199 Å². The van der Waals surface area contributed by atoms with Crippen LogP contribution >= 0.6 is 0 Å². The lowest BCUT2D eigenvalue weighted by molar-refractivity contribution is 0.0734. The van der Waals surface area contributed by atoms with E-state index in [4.69, 9.17) is 4.98 Å². The van der Waals surface area contributed by atoms with Gasteiger partial charge in [-0.25, -0.2) is 19.7 Å². The summed E-state index contributed by atoms with van der Waals surface area (Å²) >= 11 is 0. The van der Waals surface area contributed by atoms with Crippen LogP contribution in [0.15, 0.2) is 24.5 Å².